The van der Waals surface area contributed by atoms with Crippen LogP contribution >= 0.6 is 0 Å². The molecule has 1 aromatic heterocycles. The number of carbonyl (C=O) groups is 3. The lowest BCUT2D eigenvalue weighted by Crippen LogP contribution is -2.49. The van der Waals surface area contributed by atoms with E-state index in [9.17, 15) is 27.6 Å². The van der Waals surface area contributed by atoms with Gasteiger partial charge >= 0.3 is 6.18 Å². The van der Waals surface area contributed by atoms with Crippen molar-refractivity contribution in [3.05, 3.63) is 52.8 Å². The molecule has 0 unspecified atom stereocenters. The Bertz CT molecular complexity index is 983. The lowest BCUT2D eigenvalue weighted by molar-refractivity contribution is -0.145. The van der Waals surface area contributed by atoms with Crippen LogP contribution in [0.25, 0.3) is 0 Å². The first kappa shape index (κ1) is 22.3. The number of rotatable bonds is 5. The van der Waals surface area contributed by atoms with Gasteiger partial charge in [0, 0.05) is 31.2 Å². The average molecular weight is 437 g/mol. The Hall–Kier alpha value is -3.37. The van der Waals surface area contributed by atoms with E-state index in [2.05, 4.69) is 15.7 Å². The number of nitrogens with one attached hydrogen (secondary N) is 2. The smallest absolute Gasteiger partial charge is 0.353 e. The van der Waals surface area contributed by atoms with Gasteiger partial charge in [-0.25, -0.2) is 0 Å². The van der Waals surface area contributed by atoms with Crippen molar-refractivity contribution in [2.24, 2.45) is 0 Å². The van der Waals surface area contributed by atoms with Crippen LogP contribution in [0, 0.1) is 0 Å². The molecule has 8 nitrogen and oxygen atoms in total. The molecule has 2 heterocycles. The summed E-state index contributed by atoms with van der Waals surface area (Å²) in [5.74, 6) is -1.40. The van der Waals surface area contributed by atoms with Crippen LogP contribution < -0.4 is 10.6 Å². The number of carbonyl (C=O) groups excluding carboxylic acids is 3. The Labute approximate surface area is 176 Å². The van der Waals surface area contributed by atoms with Crippen molar-refractivity contribution in [2.75, 3.05) is 19.6 Å². The summed E-state index contributed by atoms with van der Waals surface area (Å²) < 4.78 is 41.0. The first-order chi connectivity index (χ1) is 14.6. The van der Waals surface area contributed by atoms with Gasteiger partial charge in [0.1, 0.15) is 0 Å². The predicted molar refractivity (Wildman–Crippen MR) is 104 cm³/mol. The number of amides is 3. The molecule has 2 aromatic rings. The molecule has 1 saturated heterocycles. The Balaban J connectivity index is 1.66. The van der Waals surface area contributed by atoms with E-state index in [-0.39, 0.29) is 24.9 Å². The van der Waals surface area contributed by atoms with Crippen molar-refractivity contribution in [1.82, 2.24) is 25.3 Å². The van der Waals surface area contributed by atoms with Gasteiger partial charge in [-0.15, -0.1) is 0 Å². The van der Waals surface area contributed by atoms with Crippen molar-refractivity contribution < 1.29 is 27.6 Å². The highest BCUT2D eigenvalue weighted by Crippen LogP contribution is 2.33. The van der Waals surface area contributed by atoms with E-state index in [4.69, 9.17) is 0 Å². The van der Waals surface area contributed by atoms with Gasteiger partial charge in [0.25, 0.3) is 11.8 Å². The van der Waals surface area contributed by atoms with Crippen LogP contribution in [-0.4, -0.2) is 52.0 Å². The zero-order chi connectivity index (χ0) is 22.8. The highest BCUT2D eigenvalue weighted by molar-refractivity contribution is 5.97. The second kappa shape index (κ2) is 8.78. The van der Waals surface area contributed by atoms with Crippen LogP contribution in [-0.2, 0) is 17.5 Å². The third kappa shape index (κ3) is 5.04. The second-order valence-corrected chi connectivity index (χ2v) is 7.40. The van der Waals surface area contributed by atoms with Crippen molar-refractivity contribution in [1.29, 1.82) is 0 Å². The van der Waals surface area contributed by atoms with E-state index >= 15 is 0 Å². The maximum Gasteiger partial charge on any atom is 0.433 e. The van der Waals surface area contributed by atoms with E-state index in [1.807, 2.05) is 0 Å². The minimum atomic E-state index is -4.72. The van der Waals surface area contributed by atoms with E-state index in [0.29, 0.717) is 24.2 Å². The summed E-state index contributed by atoms with van der Waals surface area (Å²) in [5, 5.41) is 8.80. The molecule has 1 aliphatic heterocycles. The summed E-state index contributed by atoms with van der Waals surface area (Å²) in [6, 6.07) is 5.73. The van der Waals surface area contributed by atoms with Crippen molar-refractivity contribution in [3.8, 4) is 0 Å². The standard InChI is InChI=1S/C20H22F3N5O3/c1-12(2)28-17(20(21,22)23)15(10-26-28)18(30)25-9-13-3-5-14(6-4-13)19(31)27-8-7-24-16(29)11-27/h3-6,10,12H,7-9,11H2,1-2H3,(H,24,29)(H,25,30). The van der Waals surface area contributed by atoms with Gasteiger partial charge in [-0.1, -0.05) is 12.1 Å². The Morgan fingerprint density at radius 1 is 1.23 bits per heavy atom. The van der Waals surface area contributed by atoms with Gasteiger partial charge in [-0.05, 0) is 31.5 Å². The summed E-state index contributed by atoms with van der Waals surface area (Å²) in [6.07, 6.45) is -3.81. The van der Waals surface area contributed by atoms with Crippen LogP contribution in [0.2, 0.25) is 0 Å². The number of hydrogen-bond acceptors (Lipinski definition) is 4. The third-order valence-corrected chi connectivity index (χ3v) is 4.78. The number of aromatic nitrogens is 2. The van der Waals surface area contributed by atoms with Crippen LogP contribution in [0.3, 0.4) is 0 Å². The van der Waals surface area contributed by atoms with Crippen LogP contribution in [0.5, 0.6) is 0 Å². The van der Waals surface area contributed by atoms with Crippen LogP contribution in [0.4, 0.5) is 13.2 Å². The van der Waals surface area contributed by atoms with Gasteiger partial charge in [0.2, 0.25) is 5.91 Å². The van der Waals surface area contributed by atoms with E-state index in [0.717, 1.165) is 10.9 Å². The molecule has 0 radical (unpaired) electrons. The summed E-state index contributed by atoms with van der Waals surface area (Å²) in [4.78, 5) is 37.7. The van der Waals surface area contributed by atoms with Gasteiger partial charge in [-0.2, -0.15) is 18.3 Å². The van der Waals surface area contributed by atoms with Crippen LogP contribution in [0.15, 0.2) is 30.5 Å². The number of hydrogen-bond donors (Lipinski definition) is 2. The normalized spacial score (nSPS) is 14.5. The predicted octanol–water partition coefficient (Wildman–Crippen LogP) is 1.98. The average Bonchev–Trinajstić information content (AvgIpc) is 3.18. The first-order valence-electron chi connectivity index (χ1n) is 9.65. The van der Waals surface area contributed by atoms with Crippen molar-refractivity contribution >= 4 is 17.7 Å². The molecular formula is C20H22F3N5O3. The molecule has 2 N–H and O–H groups in total. The molecule has 1 aliphatic rings. The highest BCUT2D eigenvalue weighted by Gasteiger charge is 2.40. The third-order valence-electron chi connectivity index (χ3n) is 4.78. The second-order valence-electron chi connectivity index (χ2n) is 7.40. The first-order valence-corrected chi connectivity index (χ1v) is 9.65. The number of alkyl halides is 3. The molecule has 0 spiro atoms. The minimum Gasteiger partial charge on any atom is -0.353 e. The minimum absolute atomic E-state index is 0.0117. The van der Waals surface area contributed by atoms with Crippen molar-refractivity contribution in [3.63, 3.8) is 0 Å². The fourth-order valence-electron chi connectivity index (χ4n) is 3.24. The van der Waals surface area contributed by atoms with E-state index in [1.54, 1.807) is 38.1 Å². The zero-order valence-electron chi connectivity index (χ0n) is 17.0. The largest absolute Gasteiger partial charge is 0.433 e. The summed E-state index contributed by atoms with van der Waals surface area (Å²) in [5.41, 5.74) is -0.656. The summed E-state index contributed by atoms with van der Waals surface area (Å²) in [7, 11) is 0. The summed E-state index contributed by atoms with van der Waals surface area (Å²) in [6.45, 7) is 3.86. The maximum absolute atomic E-state index is 13.4. The maximum atomic E-state index is 13.4. The van der Waals surface area contributed by atoms with Gasteiger partial charge in [0.05, 0.1) is 18.3 Å². The fourth-order valence-corrected chi connectivity index (χ4v) is 3.24. The SMILES string of the molecule is CC(C)n1ncc(C(=O)NCc2ccc(C(=O)N3CCNC(=O)C3)cc2)c1C(F)(F)F. The molecule has 0 bridgehead atoms. The van der Waals surface area contributed by atoms with Gasteiger partial charge < -0.3 is 15.5 Å². The van der Waals surface area contributed by atoms with E-state index in [1.165, 1.54) is 4.90 Å². The highest BCUT2D eigenvalue weighted by atomic mass is 19.4. The number of benzene rings is 1. The topological polar surface area (TPSA) is 96.3 Å². The van der Waals surface area contributed by atoms with Crippen molar-refractivity contribution in [2.45, 2.75) is 32.6 Å². The molecule has 0 atom stereocenters. The summed E-state index contributed by atoms with van der Waals surface area (Å²) >= 11 is 0. The molecule has 0 saturated carbocycles. The molecule has 11 heteroatoms. The number of halogens is 3. The molecular weight excluding hydrogens is 415 g/mol. The van der Waals surface area contributed by atoms with Gasteiger partial charge in [-0.3, -0.25) is 19.1 Å². The zero-order valence-corrected chi connectivity index (χ0v) is 17.0. The number of piperazine rings is 1. The lowest BCUT2D eigenvalue weighted by atomic mass is 10.1. The van der Waals surface area contributed by atoms with Crippen LogP contribution in [0.1, 0.15) is 51.9 Å². The molecule has 166 valence electrons. The number of nitrogens with zero attached hydrogens (tertiary/aromatic N) is 3. The molecule has 1 aromatic carbocycles. The molecule has 31 heavy (non-hydrogen) atoms. The molecule has 0 aliphatic carbocycles. The monoisotopic (exact) mass is 437 g/mol. The van der Waals surface area contributed by atoms with E-state index < -0.39 is 29.4 Å². The lowest BCUT2D eigenvalue weighted by Gasteiger charge is -2.26. The Morgan fingerprint density at radius 2 is 1.90 bits per heavy atom. The Kier molecular flexibility index (Phi) is 6.32. The quantitative estimate of drug-likeness (QED) is 0.748. The van der Waals surface area contributed by atoms with Gasteiger partial charge in [0.15, 0.2) is 5.69 Å². The molecule has 3 rings (SSSR count). The Morgan fingerprint density at radius 3 is 2.48 bits per heavy atom. The molecule has 1 fully saturated rings. The fraction of sp³-hybridized carbons (Fsp3) is 0.400. The molecule has 3 amide bonds.